The van der Waals surface area contributed by atoms with Crippen LogP contribution in [-0.2, 0) is 9.53 Å². The summed E-state index contributed by atoms with van der Waals surface area (Å²) in [5.74, 6) is 0.0673. The highest BCUT2D eigenvalue weighted by Crippen LogP contribution is 2.44. The van der Waals surface area contributed by atoms with Crippen molar-refractivity contribution in [3.8, 4) is 11.1 Å². The number of ether oxygens (including phenoxy) is 1. The smallest absolute Gasteiger partial charge is 0.410 e. The fourth-order valence-electron chi connectivity index (χ4n) is 6.16. The molecule has 2 aliphatic carbocycles. The van der Waals surface area contributed by atoms with Crippen molar-refractivity contribution in [3.05, 3.63) is 59.7 Å². The van der Waals surface area contributed by atoms with Gasteiger partial charge in [-0.1, -0.05) is 80.6 Å². The molecule has 1 heterocycles. The van der Waals surface area contributed by atoms with Crippen molar-refractivity contribution in [2.75, 3.05) is 13.2 Å². The largest absolute Gasteiger partial charge is 0.480 e. The molecule has 1 amide bonds. The third-order valence-electron chi connectivity index (χ3n) is 7.82. The number of hydrogen-bond acceptors (Lipinski definition) is 3. The van der Waals surface area contributed by atoms with Gasteiger partial charge < -0.3 is 9.84 Å². The van der Waals surface area contributed by atoms with Gasteiger partial charge >= 0.3 is 12.1 Å². The zero-order valence-corrected chi connectivity index (χ0v) is 18.4. The number of rotatable bonds is 4. The molecule has 0 radical (unpaired) electrons. The lowest BCUT2D eigenvalue weighted by Gasteiger charge is -2.40. The van der Waals surface area contributed by atoms with Crippen LogP contribution in [0, 0.1) is 11.8 Å². The van der Waals surface area contributed by atoms with Crippen LogP contribution in [-0.4, -0.2) is 41.3 Å². The molecule has 168 valence electrons. The van der Waals surface area contributed by atoms with Crippen molar-refractivity contribution in [2.45, 2.75) is 56.9 Å². The number of piperidine rings is 1. The van der Waals surface area contributed by atoms with Crippen molar-refractivity contribution >= 4 is 12.1 Å². The first kappa shape index (κ1) is 21.0. The van der Waals surface area contributed by atoms with Gasteiger partial charge in [-0.2, -0.15) is 0 Å². The highest BCUT2D eigenvalue weighted by Gasteiger charge is 2.40. The minimum absolute atomic E-state index is 0.0191. The molecule has 0 aromatic heterocycles. The predicted molar refractivity (Wildman–Crippen MR) is 122 cm³/mol. The van der Waals surface area contributed by atoms with E-state index < -0.39 is 18.1 Å². The molecule has 2 aromatic rings. The zero-order valence-electron chi connectivity index (χ0n) is 18.4. The maximum Gasteiger partial charge on any atom is 0.410 e. The Morgan fingerprint density at radius 2 is 1.50 bits per heavy atom. The van der Waals surface area contributed by atoms with E-state index in [0.29, 0.717) is 24.8 Å². The Labute approximate surface area is 189 Å². The Balaban J connectivity index is 1.27. The maximum absolute atomic E-state index is 13.0. The Morgan fingerprint density at radius 3 is 2.12 bits per heavy atom. The third-order valence-corrected chi connectivity index (χ3v) is 7.82. The Bertz CT molecular complexity index is 951. The number of amides is 1. The average Bonchev–Trinajstić information content (AvgIpc) is 3.16. The number of nitrogens with zero attached hydrogens (tertiary/aromatic N) is 1. The fraction of sp³-hybridized carbons (Fsp3) is 0.481. The summed E-state index contributed by atoms with van der Waals surface area (Å²) in [5.41, 5.74) is 4.68. The zero-order chi connectivity index (χ0) is 22.1. The molecule has 5 heteroatoms. The summed E-state index contributed by atoms with van der Waals surface area (Å²) in [4.78, 5) is 26.5. The molecule has 1 aliphatic heterocycles. The topological polar surface area (TPSA) is 66.8 Å². The van der Waals surface area contributed by atoms with Gasteiger partial charge in [-0.25, -0.2) is 9.59 Å². The Hall–Kier alpha value is -2.82. The predicted octanol–water partition coefficient (Wildman–Crippen LogP) is 5.68. The molecule has 32 heavy (non-hydrogen) atoms. The molecule has 5 rings (SSSR count). The van der Waals surface area contributed by atoms with Crippen molar-refractivity contribution in [1.82, 2.24) is 4.90 Å². The van der Waals surface area contributed by atoms with Crippen LogP contribution in [0.3, 0.4) is 0 Å². The van der Waals surface area contributed by atoms with Gasteiger partial charge in [0, 0.05) is 12.5 Å². The summed E-state index contributed by atoms with van der Waals surface area (Å²) in [7, 11) is 0. The molecule has 0 spiro atoms. The van der Waals surface area contributed by atoms with Crippen molar-refractivity contribution in [3.63, 3.8) is 0 Å². The second-order valence-electron chi connectivity index (χ2n) is 9.53. The highest BCUT2D eigenvalue weighted by atomic mass is 16.6. The lowest BCUT2D eigenvalue weighted by molar-refractivity contribution is -0.145. The average molecular weight is 434 g/mol. The lowest BCUT2D eigenvalue weighted by Crippen LogP contribution is -2.51. The van der Waals surface area contributed by atoms with Gasteiger partial charge in [-0.15, -0.1) is 0 Å². The van der Waals surface area contributed by atoms with Gasteiger partial charge in [-0.05, 0) is 46.9 Å². The van der Waals surface area contributed by atoms with Crippen LogP contribution < -0.4 is 0 Å². The normalized spacial score (nSPS) is 23.4. The van der Waals surface area contributed by atoms with E-state index in [4.69, 9.17) is 4.74 Å². The molecule has 3 aliphatic rings. The lowest BCUT2D eigenvalue weighted by atomic mass is 9.74. The van der Waals surface area contributed by atoms with Crippen LogP contribution in [0.25, 0.3) is 11.1 Å². The first-order valence-electron chi connectivity index (χ1n) is 12.0. The summed E-state index contributed by atoms with van der Waals surface area (Å²) in [5, 5.41) is 9.86. The monoisotopic (exact) mass is 433 g/mol. The number of carbonyl (C=O) groups is 2. The summed E-state index contributed by atoms with van der Waals surface area (Å²) in [6, 6.07) is 15.7. The number of fused-ring (bicyclic) bond motifs is 3. The van der Waals surface area contributed by atoms with E-state index in [2.05, 4.69) is 24.3 Å². The minimum Gasteiger partial charge on any atom is -0.480 e. The van der Waals surface area contributed by atoms with E-state index in [9.17, 15) is 14.7 Å². The summed E-state index contributed by atoms with van der Waals surface area (Å²) < 4.78 is 5.76. The summed E-state index contributed by atoms with van der Waals surface area (Å²) >= 11 is 0. The van der Waals surface area contributed by atoms with Gasteiger partial charge in [0.25, 0.3) is 0 Å². The number of carbonyl (C=O) groups excluding carboxylic acids is 1. The van der Waals surface area contributed by atoms with Crippen LogP contribution in [0.1, 0.15) is 62.0 Å². The number of benzene rings is 2. The molecule has 0 bridgehead atoms. The quantitative estimate of drug-likeness (QED) is 0.673. The van der Waals surface area contributed by atoms with Crippen molar-refractivity contribution in [1.29, 1.82) is 0 Å². The van der Waals surface area contributed by atoms with Crippen LogP contribution in [0.5, 0.6) is 0 Å². The van der Waals surface area contributed by atoms with Gasteiger partial charge in [0.05, 0.1) is 0 Å². The standard InChI is InChI=1S/C27H31NO4/c29-26(30)25-16-19(18-8-2-1-3-9-18)14-15-28(25)27(31)32-17-24-22-12-6-4-10-20(22)21-11-5-7-13-23(21)24/h4-7,10-13,18-19,24-25H,1-3,8-9,14-17H2,(H,29,30). The molecule has 1 N–H and O–H groups in total. The fourth-order valence-corrected chi connectivity index (χ4v) is 6.16. The molecular formula is C27H31NO4. The second-order valence-corrected chi connectivity index (χ2v) is 9.53. The van der Waals surface area contributed by atoms with E-state index in [-0.39, 0.29) is 12.5 Å². The van der Waals surface area contributed by atoms with Crippen molar-refractivity contribution in [2.24, 2.45) is 11.8 Å². The third kappa shape index (κ3) is 3.89. The van der Waals surface area contributed by atoms with E-state index in [1.165, 1.54) is 48.1 Å². The number of carboxylic acids is 1. The molecule has 1 saturated carbocycles. The molecule has 2 fully saturated rings. The molecule has 2 unspecified atom stereocenters. The van der Waals surface area contributed by atoms with E-state index in [1.807, 2.05) is 24.3 Å². The Morgan fingerprint density at radius 1 is 0.875 bits per heavy atom. The van der Waals surface area contributed by atoms with Gasteiger partial charge in [-0.3, -0.25) is 4.90 Å². The molecule has 1 saturated heterocycles. The first-order chi connectivity index (χ1) is 15.6. The maximum atomic E-state index is 13.0. The first-order valence-corrected chi connectivity index (χ1v) is 12.0. The highest BCUT2D eigenvalue weighted by molar-refractivity contribution is 5.81. The van der Waals surface area contributed by atoms with Gasteiger partial charge in [0.15, 0.2) is 0 Å². The minimum atomic E-state index is -0.918. The second kappa shape index (κ2) is 8.97. The summed E-state index contributed by atoms with van der Waals surface area (Å²) in [6.45, 7) is 0.691. The van der Waals surface area contributed by atoms with Gasteiger partial charge in [0.2, 0.25) is 0 Å². The molecule has 2 atom stereocenters. The molecule has 2 aromatic carbocycles. The van der Waals surface area contributed by atoms with Crippen LogP contribution in [0.2, 0.25) is 0 Å². The van der Waals surface area contributed by atoms with Gasteiger partial charge in [0.1, 0.15) is 12.6 Å². The van der Waals surface area contributed by atoms with Crippen molar-refractivity contribution < 1.29 is 19.4 Å². The van der Waals surface area contributed by atoms with E-state index >= 15 is 0 Å². The molecule has 5 nitrogen and oxygen atoms in total. The van der Waals surface area contributed by atoms with Crippen LogP contribution >= 0.6 is 0 Å². The number of likely N-dealkylation sites (tertiary alicyclic amines) is 1. The number of carboxylic acid groups (broad SMARTS) is 1. The Kier molecular flexibility index (Phi) is 5.90. The number of hydrogen-bond donors (Lipinski definition) is 1. The molecular weight excluding hydrogens is 402 g/mol. The van der Waals surface area contributed by atoms with Crippen LogP contribution in [0.4, 0.5) is 4.79 Å². The van der Waals surface area contributed by atoms with E-state index in [1.54, 1.807) is 0 Å². The number of aliphatic carboxylic acids is 1. The summed E-state index contributed by atoms with van der Waals surface area (Å²) in [6.07, 6.45) is 7.09. The van der Waals surface area contributed by atoms with E-state index in [0.717, 1.165) is 17.5 Å². The SMILES string of the molecule is O=C(O)C1CC(C2CCCCC2)CCN1C(=O)OCC1c2ccccc2-c2ccccc21. The van der Waals surface area contributed by atoms with Crippen LogP contribution in [0.15, 0.2) is 48.5 Å².